The highest BCUT2D eigenvalue weighted by Crippen LogP contribution is 2.11. The molecule has 5 nitrogen and oxygen atoms in total. The summed E-state index contributed by atoms with van der Waals surface area (Å²) in [7, 11) is 2.60. The molecule has 0 radical (unpaired) electrons. The molecule has 19 heavy (non-hydrogen) atoms. The molecule has 0 fully saturated rings. The first kappa shape index (κ1) is 17.5. The lowest BCUT2D eigenvalue weighted by Crippen LogP contribution is -2.31. The van der Waals surface area contributed by atoms with Crippen LogP contribution in [0.5, 0.6) is 0 Å². The van der Waals surface area contributed by atoms with Gasteiger partial charge in [-0.25, -0.2) is 9.59 Å². The van der Waals surface area contributed by atoms with Crippen LogP contribution >= 0.6 is 0 Å². The van der Waals surface area contributed by atoms with Gasteiger partial charge in [0.25, 0.3) is 0 Å². The Kier molecular flexibility index (Phi) is 9.57. The molecular formula is C14H25NO4. The zero-order valence-corrected chi connectivity index (χ0v) is 12.4. The van der Waals surface area contributed by atoms with Gasteiger partial charge < -0.3 is 14.4 Å². The molecule has 0 N–H and O–H groups in total. The van der Waals surface area contributed by atoms with Gasteiger partial charge in [-0.2, -0.15) is 0 Å². The average molecular weight is 271 g/mol. The van der Waals surface area contributed by atoms with Crippen molar-refractivity contribution in [3.05, 3.63) is 11.8 Å². The molecule has 0 atom stereocenters. The fraction of sp³-hybridized carbons (Fsp3) is 0.714. The van der Waals surface area contributed by atoms with Crippen molar-refractivity contribution in [3.8, 4) is 0 Å². The fourth-order valence-corrected chi connectivity index (χ4v) is 1.61. The van der Waals surface area contributed by atoms with Gasteiger partial charge in [-0.1, -0.05) is 26.7 Å². The van der Waals surface area contributed by atoms with Crippen molar-refractivity contribution < 1.29 is 19.1 Å². The van der Waals surface area contributed by atoms with E-state index < -0.39 is 11.9 Å². The Bertz CT molecular complexity index is 305. The van der Waals surface area contributed by atoms with E-state index in [4.69, 9.17) is 4.74 Å². The molecule has 0 aliphatic rings. The van der Waals surface area contributed by atoms with E-state index in [1.165, 1.54) is 20.3 Å². The largest absolute Gasteiger partial charge is 0.466 e. The molecule has 0 aromatic heterocycles. The second-order valence-corrected chi connectivity index (χ2v) is 4.24. The standard InChI is InChI=1S/C14H25NO4/c1-5-7-9-15(10-8-6-2)12(14(17)19-4)11-13(16)18-3/h11H,5-10H2,1-4H3/b12-11-. The minimum atomic E-state index is -0.543. The zero-order valence-electron chi connectivity index (χ0n) is 12.4. The van der Waals surface area contributed by atoms with Crippen molar-refractivity contribution in [2.45, 2.75) is 39.5 Å². The molecule has 0 aliphatic carbocycles. The Morgan fingerprint density at radius 3 is 1.89 bits per heavy atom. The molecule has 0 saturated carbocycles. The van der Waals surface area contributed by atoms with Crippen LogP contribution in [-0.4, -0.2) is 44.1 Å². The minimum absolute atomic E-state index is 0.274. The molecule has 0 bridgehead atoms. The first-order valence-electron chi connectivity index (χ1n) is 6.73. The van der Waals surface area contributed by atoms with Crippen LogP contribution in [0.4, 0.5) is 0 Å². The summed E-state index contributed by atoms with van der Waals surface area (Å²) < 4.78 is 9.33. The number of hydrogen-bond acceptors (Lipinski definition) is 5. The maximum atomic E-state index is 11.8. The van der Waals surface area contributed by atoms with Gasteiger partial charge >= 0.3 is 11.9 Å². The highest BCUT2D eigenvalue weighted by molar-refractivity contribution is 5.95. The molecule has 0 saturated heterocycles. The van der Waals surface area contributed by atoms with E-state index in [-0.39, 0.29) is 5.70 Å². The van der Waals surface area contributed by atoms with Crippen LogP contribution in [0.25, 0.3) is 0 Å². The van der Waals surface area contributed by atoms with Crippen LogP contribution in [-0.2, 0) is 19.1 Å². The highest BCUT2D eigenvalue weighted by atomic mass is 16.5. The lowest BCUT2D eigenvalue weighted by atomic mass is 10.2. The molecule has 0 heterocycles. The van der Waals surface area contributed by atoms with E-state index in [1.54, 1.807) is 0 Å². The van der Waals surface area contributed by atoms with Crippen LogP contribution in [0.2, 0.25) is 0 Å². The summed E-state index contributed by atoms with van der Waals surface area (Å²) >= 11 is 0. The van der Waals surface area contributed by atoms with E-state index in [2.05, 4.69) is 18.6 Å². The van der Waals surface area contributed by atoms with Gasteiger partial charge in [0.1, 0.15) is 5.70 Å². The van der Waals surface area contributed by atoms with Crippen molar-refractivity contribution in [2.75, 3.05) is 27.3 Å². The Hall–Kier alpha value is -1.52. The summed E-state index contributed by atoms with van der Waals surface area (Å²) in [6, 6.07) is 0. The summed E-state index contributed by atoms with van der Waals surface area (Å²) in [6.45, 7) is 5.63. The molecular weight excluding hydrogens is 246 g/mol. The summed E-state index contributed by atoms with van der Waals surface area (Å²) in [6.07, 6.45) is 5.17. The number of esters is 2. The van der Waals surface area contributed by atoms with Crippen LogP contribution in [0.15, 0.2) is 11.8 Å². The van der Waals surface area contributed by atoms with Crippen LogP contribution in [0, 0.1) is 0 Å². The number of methoxy groups -OCH3 is 2. The molecule has 0 aromatic rings. The first-order chi connectivity index (χ1) is 9.10. The Balaban J connectivity index is 5.04. The van der Waals surface area contributed by atoms with Crippen LogP contribution < -0.4 is 0 Å². The van der Waals surface area contributed by atoms with Gasteiger partial charge in [0.2, 0.25) is 0 Å². The molecule has 0 unspecified atom stereocenters. The predicted octanol–water partition coefficient (Wildman–Crippen LogP) is 2.12. The molecule has 0 rings (SSSR count). The van der Waals surface area contributed by atoms with Gasteiger partial charge in [0, 0.05) is 13.1 Å². The lowest BCUT2D eigenvalue weighted by Gasteiger charge is -2.25. The van der Waals surface area contributed by atoms with Crippen molar-refractivity contribution in [3.63, 3.8) is 0 Å². The number of carbonyl (C=O) groups excluding carboxylic acids is 2. The van der Waals surface area contributed by atoms with Crippen molar-refractivity contribution in [2.24, 2.45) is 0 Å². The fourth-order valence-electron chi connectivity index (χ4n) is 1.61. The van der Waals surface area contributed by atoms with Gasteiger partial charge in [-0.05, 0) is 12.8 Å². The topological polar surface area (TPSA) is 55.8 Å². The van der Waals surface area contributed by atoms with Crippen molar-refractivity contribution in [1.82, 2.24) is 4.90 Å². The van der Waals surface area contributed by atoms with Gasteiger partial charge in [0.15, 0.2) is 0 Å². The maximum Gasteiger partial charge on any atom is 0.354 e. The highest BCUT2D eigenvalue weighted by Gasteiger charge is 2.19. The normalized spacial score (nSPS) is 11.1. The second kappa shape index (κ2) is 10.4. The number of ether oxygens (including phenoxy) is 2. The number of rotatable bonds is 9. The van der Waals surface area contributed by atoms with E-state index in [0.717, 1.165) is 38.8 Å². The van der Waals surface area contributed by atoms with E-state index in [9.17, 15) is 9.59 Å². The monoisotopic (exact) mass is 271 g/mol. The molecule has 5 heteroatoms. The van der Waals surface area contributed by atoms with Crippen molar-refractivity contribution >= 4 is 11.9 Å². The average Bonchev–Trinajstić information content (AvgIpc) is 2.44. The third-order valence-electron chi connectivity index (χ3n) is 2.75. The number of unbranched alkanes of at least 4 members (excludes halogenated alkanes) is 2. The number of carbonyl (C=O) groups is 2. The quantitative estimate of drug-likeness (QED) is 0.475. The smallest absolute Gasteiger partial charge is 0.354 e. The van der Waals surface area contributed by atoms with Crippen molar-refractivity contribution in [1.29, 1.82) is 0 Å². The third-order valence-corrected chi connectivity index (χ3v) is 2.75. The maximum absolute atomic E-state index is 11.8. The van der Waals surface area contributed by atoms with Gasteiger partial charge in [0.05, 0.1) is 20.3 Å². The number of nitrogens with zero attached hydrogens (tertiary/aromatic N) is 1. The molecule has 0 aromatic carbocycles. The van der Waals surface area contributed by atoms with Crippen LogP contribution in [0.3, 0.4) is 0 Å². The van der Waals surface area contributed by atoms with E-state index in [1.807, 2.05) is 4.90 Å². The van der Waals surface area contributed by atoms with Gasteiger partial charge in [-0.3, -0.25) is 0 Å². The third kappa shape index (κ3) is 6.84. The van der Waals surface area contributed by atoms with E-state index in [0.29, 0.717) is 0 Å². The molecule has 0 amide bonds. The summed E-state index contributed by atoms with van der Waals surface area (Å²) in [5.74, 6) is -1.05. The Morgan fingerprint density at radius 2 is 1.53 bits per heavy atom. The predicted molar refractivity (Wildman–Crippen MR) is 73.5 cm³/mol. The Labute approximate surface area is 115 Å². The summed E-state index contributed by atoms with van der Waals surface area (Å²) in [4.78, 5) is 25.1. The van der Waals surface area contributed by atoms with E-state index >= 15 is 0 Å². The SMILES string of the molecule is CCCCN(CCCC)/C(=C\C(=O)OC)C(=O)OC. The molecule has 0 spiro atoms. The second-order valence-electron chi connectivity index (χ2n) is 4.24. The lowest BCUT2D eigenvalue weighted by molar-refractivity contribution is -0.140. The zero-order chi connectivity index (χ0) is 14.7. The summed E-state index contributed by atoms with van der Waals surface area (Å²) in [5.41, 5.74) is 0.274. The van der Waals surface area contributed by atoms with Crippen LogP contribution in [0.1, 0.15) is 39.5 Å². The summed E-state index contributed by atoms with van der Waals surface area (Å²) in [5, 5.41) is 0. The number of hydrogen-bond donors (Lipinski definition) is 0. The minimum Gasteiger partial charge on any atom is -0.466 e. The van der Waals surface area contributed by atoms with Gasteiger partial charge in [-0.15, -0.1) is 0 Å². The Morgan fingerprint density at radius 1 is 1.00 bits per heavy atom. The molecule has 110 valence electrons. The molecule has 0 aliphatic heterocycles. The first-order valence-corrected chi connectivity index (χ1v) is 6.73.